The van der Waals surface area contributed by atoms with Crippen molar-refractivity contribution in [3.05, 3.63) is 34.6 Å². The van der Waals surface area contributed by atoms with Crippen LogP contribution in [0, 0.1) is 6.92 Å². The van der Waals surface area contributed by atoms with E-state index in [2.05, 4.69) is 4.98 Å². The number of halogens is 1. The third-order valence-electron chi connectivity index (χ3n) is 2.49. The van der Waals surface area contributed by atoms with Crippen LogP contribution in [0.25, 0.3) is 5.57 Å². The van der Waals surface area contributed by atoms with E-state index in [1.54, 1.807) is 11.7 Å². The molecule has 0 unspecified atom stereocenters. The molecule has 0 saturated heterocycles. The highest BCUT2D eigenvalue weighted by Crippen LogP contribution is 2.23. The van der Waals surface area contributed by atoms with Gasteiger partial charge in [0.2, 0.25) is 5.91 Å². The molecule has 17 heavy (non-hydrogen) atoms. The number of rotatable bonds is 4. The first-order chi connectivity index (χ1) is 8.08. The summed E-state index contributed by atoms with van der Waals surface area (Å²) < 4.78 is 0. The van der Waals surface area contributed by atoms with E-state index in [1.165, 1.54) is 0 Å². The largest absolute Gasteiger partial charge is 0.289 e. The molecule has 92 valence electrons. The van der Waals surface area contributed by atoms with Gasteiger partial charge in [-0.1, -0.05) is 17.7 Å². The number of aromatic nitrogens is 1. The minimum atomic E-state index is -0.407. The summed E-state index contributed by atoms with van der Waals surface area (Å²) in [5.41, 5.74) is 4.26. The molecule has 0 atom stereocenters. The van der Waals surface area contributed by atoms with Crippen molar-refractivity contribution in [2.45, 2.75) is 26.7 Å². The van der Waals surface area contributed by atoms with E-state index >= 15 is 0 Å². The summed E-state index contributed by atoms with van der Waals surface area (Å²) in [5.74, 6) is -0.407. The van der Waals surface area contributed by atoms with Crippen LogP contribution in [0.2, 0.25) is 5.02 Å². The van der Waals surface area contributed by atoms with E-state index < -0.39 is 5.91 Å². The van der Waals surface area contributed by atoms with Crippen LogP contribution in [-0.2, 0) is 4.79 Å². The van der Waals surface area contributed by atoms with Gasteiger partial charge >= 0.3 is 0 Å². The van der Waals surface area contributed by atoms with Crippen molar-refractivity contribution in [3.8, 4) is 0 Å². The zero-order valence-electron chi connectivity index (χ0n) is 9.83. The van der Waals surface area contributed by atoms with Crippen molar-refractivity contribution in [3.63, 3.8) is 0 Å². The number of hydrogen-bond acceptors (Lipinski definition) is 3. The molecule has 5 heteroatoms. The number of hydroxylamine groups is 1. The highest BCUT2D eigenvalue weighted by Gasteiger charge is 2.07. The van der Waals surface area contributed by atoms with Crippen LogP contribution in [0.4, 0.5) is 0 Å². The Kier molecular flexibility index (Phi) is 5.12. The van der Waals surface area contributed by atoms with Crippen LogP contribution in [-0.4, -0.2) is 16.1 Å². The zero-order chi connectivity index (χ0) is 12.8. The highest BCUT2D eigenvalue weighted by molar-refractivity contribution is 6.31. The number of pyridine rings is 1. The SMILES string of the molecule is C/C=C(\CCC(=O)NO)c1cnc(C)c(Cl)c1. The molecule has 0 spiro atoms. The molecule has 1 aromatic heterocycles. The van der Waals surface area contributed by atoms with Crippen molar-refractivity contribution in [2.24, 2.45) is 0 Å². The fourth-order valence-corrected chi connectivity index (χ4v) is 1.61. The van der Waals surface area contributed by atoms with E-state index in [-0.39, 0.29) is 6.42 Å². The lowest BCUT2D eigenvalue weighted by atomic mass is 10.0. The summed E-state index contributed by atoms with van der Waals surface area (Å²) in [4.78, 5) is 15.1. The van der Waals surface area contributed by atoms with Gasteiger partial charge in [0.1, 0.15) is 0 Å². The van der Waals surface area contributed by atoms with E-state index in [0.717, 1.165) is 16.8 Å². The maximum atomic E-state index is 11.0. The van der Waals surface area contributed by atoms with Crippen LogP contribution in [0.5, 0.6) is 0 Å². The van der Waals surface area contributed by atoms with E-state index in [0.29, 0.717) is 11.4 Å². The number of allylic oxidation sites excluding steroid dienone is 2. The number of nitrogens with zero attached hydrogens (tertiary/aromatic N) is 1. The Hall–Kier alpha value is -1.39. The molecule has 4 nitrogen and oxygen atoms in total. The second kappa shape index (κ2) is 6.37. The predicted octanol–water partition coefficient (Wildman–Crippen LogP) is 2.73. The molecule has 0 radical (unpaired) electrons. The summed E-state index contributed by atoms with van der Waals surface area (Å²) in [6.07, 6.45) is 4.40. The lowest BCUT2D eigenvalue weighted by Gasteiger charge is -2.07. The highest BCUT2D eigenvalue weighted by atomic mass is 35.5. The Morgan fingerprint density at radius 3 is 2.82 bits per heavy atom. The summed E-state index contributed by atoms with van der Waals surface area (Å²) in [6, 6.07) is 1.83. The zero-order valence-corrected chi connectivity index (χ0v) is 10.6. The maximum Gasteiger partial charge on any atom is 0.243 e. The van der Waals surface area contributed by atoms with Crippen molar-refractivity contribution in [1.29, 1.82) is 0 Å². The molecule has 0 fully saturated rings. The van der Waals surface area contributed by atoms with E-state index in [9.17, 15) is 4.79 Å². The minimum Gasteiger partial charge on any atom is -0.289 e. The van der Waals surface area contributed by atoms with Gasteiger partial charge in [0.15, 0.2) is 0 Å². The van der Waals surface area contributed by atoms with Crippen molar-refractivity contribution >= 4 is 23.1 Å². The minimum absolute atomic E-state index is 0.224. The van der Waals surface area contributed by atoms with Crippen LogP contribution in [0.3, 0.4) is 0 Å². The fraction of sp³-hybridized carbons (Fsp3) is 0.333. The van der Waals surface area contributed by atoms with Gasteiger partial charge in [-0.25, -0.2) is 5.48 Å². The van der Waals surface area contributed by atoms with Crippen molar-refractivity contribution in [2.75, 3.05) is 0 Å². The molecule has 0 aliphatic rings. The fourth-order valence-electron chi connectivity index (χ4n) is 1.44. The first-order valence-electron chi connectivity index (χ1n) is 5.29. The summed E-state index contributed by atoms with van der Waals surface area (Å²) in [5, 5.41) is 9.02. The lowest BCUT2D eigenvalue weighted by Crippen LogP contribution is -2.17. The number of nitrogens with one attached hydrogen (secondary N) is 1. The summed E-state index contributed by atoms with van der Waals surface area (Å²) in [7, 11) is 0. The predicted molar refractivity (Wildman–Crippen MR) is 66.8 cm³/mol. The third kappa shape index (κ3) is 3.84. The van der Waals surface area contributed by atoms with Gasteiger partial charge in [0.05, 0.1) is 10.7 Å². The third-order valence-corrected chi connectivity index (χ3v) is 2.87. The normalized spacial score (nSPS) is 11.4. The number of carbonyl (C=O) groups is 1. The van der Waals surface area contributed by atoms with Crippen LogP contribution in [0.15, 0.2) is 18.3 Å². The van der Waals surface area contributed by atoms with Crippen LogP contribution < -0.4 is 5.48 Å². The van der Waals surface area contributed by atoms with Gasteiger partial charge in [-0.15, -0.1) is 0 Å². The van der Waals surface area contributed by atoms with Gasteiger partial charge < -0.3 is 0 Å². The topological polar surface area (TPSA) is 62.2 Å². The van der Waals surface area contributed by atoms with Gasteiger partial charge in [0.25, 0.3) is 0 Å². The quantitative estimate of drug-likeness (QED) is 0.642. The maximum absolute atomic E-state index is 11.0. The molecule has 2 N–H and O–H groups in total. The van der Waals surface area contributed by atoms with Gasteiger partial charge in [-0.2, -0.15) is 0 Å². The Morgan fingerprint density at radius 1 is 1.59 bits per heavy atom. The monoisotopic (exact) mass is 254 g/mol. The number of carbonyl (C=O) groups excluding carboxylic acids is 1. The second-order valence-electron chi connectivity index (χ2n) is 3.64. The molecule has 0 aliphatic heterocycles. The van der Waals surface area contributed by atoms with Crippen LogP contribution >= 0.6 is 11.6 Å². The van der Waals surface area contributed by atoms with Gasteiger partial charge in [-0.3, -0.25) is 15.0 Å². The molecule has 0 aliphatic carbocycles. The molecular weight excluding hydrogens is 240 g/mol. The molecule has 0 aromatic carbocycles. The molecule has 0 bridgehead atoms. The Labute approximate surface area is 105 Å². The number of hydrogen-bond donors (Lipinski definition) is 2. The van der Waals surface area contributed by atoms with Crippen molar-refractivity contribution < 1.29 is 10.0 Å². The Morgan fingerprint density at radius 2 is 2.29 bits per heavy atom. The lowest BCUT2D eigenvalue weighted by molar-refractivity contribution is -0.129. The number of amides is 1. The summed E-state index contributed by atoms with van der Waals surface area (Å²) in [6.45, 7) is 3.72. The molecule has 1 rings (SSSR count). The average Bonchev–Trinajstić information content (AvgIpc) is 2.33. The smallest absolute Gasteiger partial charge is 0.243 e. The van der Waals surface area contributed by atoms with Crippen molar-refractivity contribution in [1.82, 2.24) is 10.5 Å². The van der Waals surface area contributed by atoms with E-state index in [1.807, 2.05) is 26.0 Å². The molecular formula is C12H15ClN2O2. The Bertz CT molecular complexity index is 444. The molecule has 1 amide bonds. The van der Waals surface area contributed by atoms with E-state index in [4.69, 9.17) is 16.8 Å². The molecule has 0 saturated carbocycles. The van der Waals surface area contributed by atoms with Gasteiger partial charge in [-0.05, 0) is 37.5 Å². The summed E-state index contributed by atoms with van der Waals surface area (Å²) >= 11 is 6.00. The first-order valence-corrected chi connectivity index (χ1v) is 5.67. The second-order valence-corrected chi connectivity index (χ2v) is 4.05. The first kappa shape index (κ1) is 13.7. The Balaban J connectivity index is 2.80. The molecule has 1 aromatic rings. The molecule has 1 heterocycles. The van der Waals surface area contributed by atoms with Crippen LogP contribution in [0.1, 0.15) is 31.0 Å². The standard InChI is InChI=1S/C12H15ClN2O2/c1-3-9(4-5-12(16)15-17)10-6-11(13)8(2)14-7-10/h3,6-7,17H,4-5H2,1-2H3,(H,15,16)/b9-3+. The average molecular weight is 255 g/mol. The number of aryl methyl sites for hydroxylation is 1. The van der Waals surface area contributed by atoms with Gasteiger partial charge in [0, 0.05) is 12.6 Å².